The summed E-state index contributed by atoms with van der Waals surface area (Å²) >= 11 is 0. The summed E-state index contributed by atoms with van der Waals surface area (Å²) in [4.78, 5) is 24.5. The van der Waals surface area contributed by atoms with Crippen molar-refractivity contribution in [3.63, 3.8) is 0 Å². The lowest BCUT2D eigenvalue weighted by Gasteiger charge is -2.12. The second kappa shape index (κ2) is 11.5. The number of methoxy groups -OCH3 is 1. The smallest absolute Gasteiger partial charge is 0.340 e. The number of para-hydroxylation sites is 1. The molecule has 0 saturated carbocycles. The van der Waals surface area contributed by atoms with Crippen molar-refractivity contribution < 1.29 is 23.8 Å². The SMILES string of the molecule is CCOC(=O)c1ccccc1NC(=O)C=Cc1ccc(OCc2ccccc2C)c(OC)c1. The minimum absolute atomic E-state index is 0.257. The van der Waals surface area contributed by atoms with Gasteiger partial charge in [0.1, 0.15) is 6.61 Å². The highest BCUT2D eigenvalue weighted by molar-refractivity contribution is 6.06. The normalized spacial score (nSPS) is 10.6. The van der Waals surface area contributed by atoms with Crippen LogP contribution in [0.3, 0.4) is 0 Å². The van der Waals surface area contributed by atoms with Gasteiger partial charge in [0, 0.05) is 6.08 Å². The van der Waals surface area contributed by atoms with Crippen LogP contribution in [0, 0.1) is 6.92 Å². The van der Waals surface area contributed by atoms with Crippen molar-refractivity contribution in [2.24, 2.45) is 0 Å². The van der Waals surface area contributed by atoms with Gasteiger partial charge in [0.2, 0.25) is 5.91 Å². The van der Waals surface area contributed by atoms with Crippen LogP contribution >= 0.6 is 0 Å². The Morgan fingerprint density at radius 1 is 0.970 bits per heavy atom. The first-order chi connectivity index (χ1) is 16.0. The second-order valence-corrected chi connectivity index (χ2v) is 7.21. The number of hydrogen-bond acceptors (Lipinski definition) is 5. The summed E-state index contributed by atoms with van der Waals surface area (Å²) in [6.45, 7) is 4.46. The zero-order valence-electron chi connectivity index (χ0n) is 19.0. The summed E-state index contributed by atoms with van der Waals surface area (Å²) in [5.41, 5.74) is 3.72. The molecule has 0 aliphatic carbocycles. The fourth-order valence-corrected chi connectivity index (χ4v) is 3.16. The van der Waals surface area contributed by atoms with Gasteiger partial charge in [0.05, 0.1) is 25.0 Å². The maximum atomic E-state index is 12.4. The molecule has 0 radical (unpaired) electrons. The Morgan fingerprint density at radius 2 is 1.73 bits per heavy atom. The molecule has 1 N–H and O–H groups in total. The number of carbonyl (C=O) groups is 2. The molecule has 0 aromatic heterocycles. The third-order valence-corrected chi connectivity index (χ3v) is 4.94. The predicted octanol–water partition coefficient (Wildman–Crippen LogP) is 5.41. The summed E-state index contributed by atoms with van der Waals surface area (Å²) in [5.74, 6) is 0.332. The van der Waals surface area contributed by atoms with Gasteiger partial charge in [0.15, 0.2) is 11.5 Å². The Hall–Kier alpha value is -4.06. The van der Waals surface area contributed by atoms with Crippen LogP contribution in [0.25, 0.3) is 6.08 Å². The Morgan fingerprint density at radius 3 is 2.48 bits per heavy atom. The van der Waals surface area contributed by atoms with Crippen molar-refractivity contribution in [3.8, 4) is 11.5 Å². The van der Waals surface area contributed by atoms with Gasteiger partial charge < -0.3 is 19.5 Å². The van der Waals surface area contributed by atoms with E-state index >= 15 is 0 Å². The molecule has 6 heteroatoms. The Balaban J connectivity index is 1.67. The van der Waals surface area contributed by atoms with E-state index in [9.17, 15) is 9.59 Å². The third-order valence-electron chi connectivity index (χ3n) is 4.94. The van der Waals surface area contributed by atoms with Crippen LogP contribution in [0.4, 0.5) is 5.69 Å². The molecule has 0 heterocycles. The summed E-state index contributed by atoms with van der Waals surface area (Å²) in [5, 5.41) is 2.72. The number of nitrogens with one attached hydrogen (secondary N) is 1. The van der Waals surface area contributed by atoms with Crippen LogP contribution in [0.1, 0.15) is 34.0 Å². The van der Waals surface area contributed by atoms with Crippen molar-refractivity contribution in [1.82, 2.24) is 0 Å². The highest BCUT2D eigenvalue weighted by Gasteiger charge is 2.13. The number of hydrogen-bond donors (Lipinski definition) is 1. The van der Waals surface area contributed by atoms with Gasteiger partial charge in [-0.25, -0.2) is 4.79 Å². The van der Waals surface area contributed by atoms with Crippen molar-refractivity contribution in [3.05, 3.63) is 95.1 Å². The number of ether oxygens (including phenoxy) is 3. The van der Waals surface area contributed by atoms with E-state index in [4.69, 9.17) is 14.2 Å². The molecule has 0 unspecified atom stereocenters. The number of amides is 1. The lowest BCUT2D eigenvalue weighted by Crippen LogP contribution is -2.13. The maximum Gasteiger partial charge on any atom is 0.340 e. The van der Waals surface area contributed by atoms with Gasteiger partial charge in [-0.1, -0.05) is 42.5 Å². The molecule has 0 saturated heterocycles. The van der Waals surface area contributed by atoms with Crippen LogP contribution in [-0.2, 0) is 16.1 Å². The number of benzene rings is 3. The fraction of sp³-hybridized carbons (Fsp3) is 0.185. The monoisotopic (exact) mass is 445 g/mol. The first-order valence-corrected chi connectivity index (χ1v) is 10.6. The molecule has 170 valence electrons. The number of anilines is 1. The van der Waals surface area contributed by atoms with Crippen molar-refractivity contribution >= 4 is 23.6 Å². The topological polar surface area (TPSA) is 73.9 Å². The van der Waals surface area contributed by atoms with E-state index in [1.807, 2.05) is 43.3 Å². The number of esters is 1. The van der Waals surface area contributed by atoms with Crippen LogP contribution in [0.15, 0.2) is 72.8 Å². The molecule has 0 aliphatic heterocycles. The van der Waals surface area contributed by atoms with Crippen molar-refractivity contribution in [2.45, 2.75) is 20.5 Å². The van der Waals surface area contributed by atoms with E-state index in [1.165, 1.54) is 6.08 Å². The third kappa shape index (κ3) is 6.46. The van der Waals surface area contributed by atoms with E-state index in [-0.39, 0.29) is 12.5 Å². The molecule has 33 heavy (non-hydrogen) atoms. The quantitative estimate of drug-likeness (QED) is 0.352. The maximum absolute atomic E-state index is 12.4. The van der Waals surface area contributed by atoms with Crippen molar-refractivity contribution in [1.29, 1.82) is 0 Å². The molecular weight excluding hydrogens is 418 g/mol. The van der Waals surface area contributed by atoms with E-state index in [2.05, 4.69) is 5.32 Å². The summed E-state index contributed by atoms with van der Waals surface area (Å²) < 4.78 is 16.4. The number of carbonyl (C=O) groups excluding carboxylic acids is 2. The van der Waals surface area contributed by atoms with E-state index in [1.54, 1.807) is 50.4 Å². The average Bonchev–Trinajstić information content (AvgIpc) is 2.83. The minimum Gasteiger partial charge on any atom is -0.493 e. The zero-order chi connectivity index (χ0) is 23.6. The van der Waals surface area contributed by atoms with Gasteiger partial charge in [-0.3, -0.25) is 4.79 Å². The van der Waals surface area contributed by atoms with Crippen LogP contribution in [0.2, 0.25) is 0 Å². The molecule has 3 aromatic carbocycles. The number of rotatable bonds is 9. The van der Waals surface area contributed by atoms with Crippen LogP contribution in [-0.4, -0.2) is 25.6 Å². The molecular formula is C27H27NO5. The first-order valence-electron chi connectivity index (χ1n) is 10.6. The van der Waals surface area contributed by atoms with Gasteiger partial charge >= 0.3 is 5.97 Å². The second-order valence-electron chi connectivity index (χ2n) is 7.21. The van der Waals surface area contributed by atoms with Gasteiger partial charge in [-0.05, 0) is 60.9 Å². The zero-order valence-corrected chi connectivity index (χ0v) is 19.0. The molecule has 6 nitrogen and oxygen atoms in total. The van der Waals surface area contributed by atoms with E-state index in [0.717, 1.165) is 16.7 Å². The summed E-state index contributed by atoms with van der Waals surface area (Å²) in [6, 6.07) is 20.2. The van der Waals surface area contributed by atoms with E-state index in [0.29, 0.717) is 29.4 Å². The standard InChI is InChI=1S/C27H27NO5/c1-4-32-27(30)22-11-7-8-12-23(22)28-26(29)16-14-20-13-15-24(25(17-20)31-3)33-18-21-10-6-5-9-19(21)2/h5-17H,4,18H2,1-3H3,(H,28,29). The highest BCUT2D eigenvalue weighted by atomic mass is 16.5. The highest BCUT2D eigenvalue weighted by Crippen LogP contribution is 2.29. The molecule has 0 atom stereocenters. The summed E-state index contributed by atoms with van der Waals surface area (Å²) in [6.07, 6.45) is 3.06. The Kier molecular flexibility index (Phi) is 8.24. The molecule has 1 amide bonds. The fourth-order valence-electron chi connectivity index (χ4n) is 3.16. The van der Waals surface area contributed by atoms with E-state index < -0.39 is 5.97 Å². The Bertz CT molecular complexity index is 1150. The van der Waals surface area contributed by atoms with Crippen LogP contribution in [0.5, 0.6) is 11.5 Å². The van der Waals surface area contributed by atoms with Gasteiger partial charge in [-0.2, -0.15) is 0 Å². The molecule has 3 aromatic rings. The molecule has 0 aliphatic rings. The van der Waals surface area contributed by atoms with Gasteiger partial charge in [-0.15, -0.1) is 0 Å². The van der Waals surface area contributed by atoms with Crippen molar-refractivity contribution in [2.75, 3.05) is 19.0 Å². The molecule has 0 fully saturated rings. The lowest BCUT2D eigenvalue weighted by molar-refractivity contribution is -0.111. The average molecular weight is 446 g/mol. The predicted molar refractivity (Wildman–Crippen MR) is 129 cm³/mol. The van der Waals surface area contributed by atoms with Crippen LogP contribution < -0.4 is 14.8 Å². The Labute approximate surface area is 193 Å². The molecule has 3 rings (SSSR count). The minimum atomic E-state index is -0.483. The summed E-state index contributed by atoms with van der Waals surface area (Å²) in [7, 11) is 1.57. The lowest BCUT2D eigenvalue weighted by atomic mass is 10.1. The largest absolute Gasteiger partial charge is 0.493 e. The molecule has 0 bridgehead atoms. The van der Waals surface area contributed by atoms with Gasteiger partial charge in [0.25, 0.3) is 0 Å². The molecule has 0 spiro atoms. The number of aryl methyl sites for hydroxylation is 1. The first kappa shape index (κ1) is 23.6.